The third-order valence-corrected chi connectivity index (χ3v) is 26.6. The quantitative estimate of drug-likeness (QED) is 0.161. The molecule has 6 heterocycles. The number of aryl methyl sites for hydroxylation is 2. The first-order chi connectivity index (χ1) is 37.0. The van der Waals surface area contributed by atoms with Gasteiger partial charge in [-0.3, -0.25) is 0 Å². The maximum atomic E-state index is 7.73. The summed E-state index contributed by atoms with van der Waals surface area (Å²) in [7, 11) is 0. The summed E-state index contributed by atoms with van der Waals surface area (Å²) in [6.07, 6.45) is 0. The van der Waals surface area contributed by atoms with E-state index in [0.717, 1.165) is 39.9 Å². The Kier molecular flexibility index (Phi) is 8.50. The number of fused-ring (bicyclic) bond motifs is 9. The summed E-state index contributed by atoms with van der Waals surface area (Å²) in [4.78, 5) is 5.16. The van der Waals surface area contributed by atoms with Gasteiger partial charge in [0, 0.05) is 0 Å². The zero-order valence-corrected chi connectivity index (χ0v) is 44.5. The first-order valence-electron chi connectivity index (χ1n) is 25.8. The van der Waals surface area contributed by atoms with Gasteiger partial charge in [0.15, 0.2) is 0 Å². The van der Waals surface area contributed by atoms with Gasteiger partial charge in [-0.1, -0.05) is 0 Å². The van der Waals surface area contributed by atoms with Gasteiger partial charge in [0.25, 0.3) is 0 Å². The Morgan fingerprint density at radius 2 is 0.547 bits per heavy atom. The zero-order chi connectivity index (χ0) is 49.2. The van der Waals surface area contributed by atoms with Crippen molar-refractivity contribution in [3.63, 3.8) is 0 Å². The minimum atomic E-state index is -3.44. The molecule has 3 aromatic heterocycles. The topological polar surface area (TPSA) is 30.5 Å². The molecule has 17 rings (SSSR count). The van der Waals surface area contributed by atoms with Crippen molar-refractivity contribution in [2.24, 2.45) is 0 Å². The molecule has 0 unspecified atom stereocenters. The van der Waals surface area contributed by atoms with Gasteiger partial charge in [-0.15, -0.1) is 0 Å². The first-order valence-corrected chi connectivity index (χ1v) is 31.0. The molecular weight excluding hydrogens is 1110 g/mol. The normalized spacial score (nSPS) is 13.5. The number of ether oxygens (including phenoxy) is 1. The summed E-state index contributed by atoms with van der Waals surface area (Å²) >= 11 is -3.44. The van der Waals surface area contributed by atoms with Crippen LogP contribution in [0.15, 0.2) is 231 Å². The van der Waals surface area contributed by atoms with E-state index < -0.39 is 21.8 Å². The van der Waals surface area contributed by atoms with E-state index in [9.17, 15) is 0 Å². The molecule has 3 aliphatic rings. The van der Waals surface area contributed by atoms with Crippen molar-refractivity contribution in [3.8, 4) is 28.6 Å². The molecule has 75 heavy (non-hydrogen) atoms. The Balaban J connectivity index is 1.04. The van der Waals surface area contributed by atoms with E-state index in [1.165, 1.54) is 109 Å². The number of benzene rings is 11. The molecule has 0 saturated heterocycles. The second-order valence-electron chi connectivity index (χ2n) is 20.3. The number of hydrogen-bond acceptors (Lipinski definition) is 3. The van der Waals surface area contributed by atoms with Crippen LogP contribution < -0.4 is 24.4 Å². The predicted molar refractivity (Wildman–Crippen MR) is 313 cm³/mol. The summed E-state index contributed by atoms with van der Waals surface area (Å²) in [5.74, 6) is 1.90. The molecule has 0 amide bonds. The van der Waals surface area contributed by atoms with Gasteiger partial charge in [0.05, 0.1) is 0 Å². The molecule has 0 aliphatic carbocycles. The van der Waals surface area contributed by atoms with Crippen LogP contribution in [0.2, 0.25) is 0 Å². The third kappa shape index (κ3) is 5.71. The monoisotopic (exact) mass is 1160 g/mol. The van der Waals surface area contributed by atoms with E-state index in [0.29, 0.717) is 0 Å². The van der Waals surface area contributed by atoms with Crippen LogP contribution in [0.1, 0.15) is 11.1 Å². The number of hydrogen-bond donors (Lipinski definition) is 0. The van der Waals surface area contributed by atoms with E-state index in [1.807, 2.05) is 0 Å². The molecule has 14 aromatic rings. The molecule has 0 radical (unpaired) electrons. The van der Waals surface area contributed by atoms with Crippen LogP contribution >= 0.6 is 0 Å². The van der Waals surface area contributed by atoms with Crippen molar-refractivity contribution in [2.75, 3.05) is 9.80 Å². The molecular formula is C68H44BiN5O. The second kappa shape index (κ2) is 15.3. The number of aromatic nitrogens is 3. The van der Waals surface area contributed by atoms with Crippen molar-refractivity contribution in [3.05, 3.63) is 242 Å². The second-order valence-corrected chi connectivity index (χ2v) is 28.2. The van der Waals surface area contributed by atoms with Crippen molar-refractivity contribution in [1.29, 1.82) is 0 Å². The van der Waals surface area contributed by atoms with Crippen LogP contribution in [-0.2, 0) is 0 Å². The molecule has 11 aromatic carbocycles. The van der Waals surface area contributed by atoms with Gasteiger partial charge >= 0.3 is 443 Å². The molecule has 6 nitrogen and oxygen atoms in total. The summed E-state index contributed by atoms with van der Waals surface area (Å²) in [6.45, 7) is 4.36. The standard InChI is InChI=1S/C68H44N5O.Bi/c1-44-27-31-46(32-28-44)69-48-35-49(37-50(36-48)71-63-21-9-3-15-57(63)58-16-4-10-22-64(58)71)70(47-33-29-45(2)30-34-47)52-39-54(73-67-25-13-7-19-61(67)62-20-8-14-26-68(62)73)43-56(41-52)74-55-40-51(69)38-53(42-55)72-65-23-11-5-17-59(65)60-18-6-12-24-66(60)72;/h3-34,36-39,42-43H,1-2H3;. The Bertz CT molecular complexity index is 4390. The van der Waals surface area contributed by atoms with Crippen LogP contribution in [0.5, 0.6) is 11.5 Å². The Labute approximate surface area is 440 Å². The van der Waals surface area contributed by atoms with Gasteiger partial charge in [0.1, 0.15) is 0 Å². The van der Waals surface area contributed by atoms with E-state index in [-0.39, 0.29) is 0 Å². The fourth-order valence-electron chi connectivity index (χ4n) is 12.9. The maximum absolute atomic E-state index is 7.73. The van der Waals surface area contributed by atoms with E-state index in [4.69, 9.17) is 4.74 Å². The first kappa shape index (κ1) is 41.6. The van der Waals surface area contributed by atoms with E-state index in [2.05, 4.69) is 268 Å². The van der Waals surface area contributed by atoms with Crippen LogP contribution in [-0.4, -0.2) is 35.5 Å². The third-order valence-electron chi connectivity index (χ3n) is 16.1. The molecule has 0 saturated carbocycles. The van der Waals surface area contributed by atoms with Crippen LogP contribution in [0.25, 0.3) is 82.5 Å². The Morgan fingerprint density at radius 1 is 0.280 bits per heavy atom. The fraction of sp³-hybridized carbons (Fsp3) is 0.0294. The molecule has 0 N–H and O–H groups in total. The molecule has 0 atom stereocenters. The summed E-state index contributed by atoms with van der Waals surface area (Å²) in [6, 6.07) is 86.1. The zero-order valence-electron chi connectivity index (χ0n) is 41.0. The Morgan fingerprint density at radius 3 is 0.853 bits per heavy atom. The van der Waals surface area contributed by atoms with Crippen molar-refractivity contribution < 1.29 is 4.74 Å². The van der Waals surface area contributed by atoms with Gasteiger partial charge < -0.3 is 0 Å². The number of nitrogens with zero attached hydrogens (tertiary/aromatic N) is 5. The summed E-state index contributed by atoms with van der Waals surface area (Å²) in [5.41, 5.74) is 19.8. The van der Waals surface area contributed by atoms with Gasteiger partial charge in [-0.25, -0.2) is 0 Å². The molecule has 0 fully saturated rings. The van der Waals surface area contributed by atoms with E-state index >= 15 is 0 Å². The SMILES string of the molecule is Cc1ccc(N2c3cc(-n4c5ccccc5c5ccccc54)cc4[c]3[Bi]3[c]5c(cc(-n6c7ccccc7c7ccccc76)cc5N(c5ccc(C)cc5)c5cc(-n6c7ccccc7c7ccccc76)cc2[c]53)O4)cc1. The fourth-order valence-corrected chi connectivity index (χ4v) is 24.2. The van der Waals surface area contributed by atoms with Gasteiger partial charge in [-0.05, 0) is 0 Å². The predicted octanol–water partition coefficient (Wildman–Crippen LogP) is 15.8. The van der Waals surface area contributed by atoms with Gasteiger partial charge in [0.2, 0.25) is 0 Å². The molecule has 352 valence electrons. The van der Waals surface area contributed by atoms with Crippen LogP contribution in [0, 0.1) is 13.8 Å². The Hall–Kier alpha value is -8.90. The van der Waals surface area contributed by atoms with Crippen LogP contribution in [0.4, 0.5) is 34.1 Å². The van der Waals surface area contributed by atoms with Crippen LogP contribution in [0.3, 0.4) is 0 Å². The average Bonchev–Trinajstić information content (AvgIpc) is 4.13. The van der Waals surface area contributed by atoms with E-state index in [1.54, 1.807) is 0 Å². The molecule has 0 spiro atoms. The minimum absolute atomic E-state index is 0.948. The number of para-hydroxylation sites is 6. The average molecular weight is 1160 g/mol. The van der Waals surface area contributed by atoms with Crippen molar-refractivity contribution in [1.82, 2.24) is 13.7 Å². The summed E-state index contributed by atoms with van der Waals surface area (Å²) < 4.78 is 19.3. The summed E-state index contributed by atoms with van der Waals surface area (Å²) in [5, 5.41) is 7.41. The van der Waals surface area contributed by atoms with Crippen molar-refractivity contribution >= 4 is 131 Å². The number of rotatable bonds is 5. The number of anilines is 6. The van der Waals surface area contributed by atoms with Crippen molar-refractivity contribution in [2.45, 2.75) is 13.8 Å². The molecule has 7 heteroatoms. The molecule has 3 aliphatic heterocycles. The van der Waals surface area contributed by atoms with Gasteiger partial charge in [-0.2, -0.15) is 0 Å². The molecule has 0 bridgehead atoms.